The van der Waals surface area contributed by atoms with Crippen LogP contribution in [0.2, 0.25) is 0 Å². The van der Waals surface area contributed by atoms with Crippen LogP contribution < -0.4 is 0 Å². The number of rotatable bonds is 7. The van der Waals surface area contributed by atoms with E-state index in [9.17, 15) is 14.4 Å². The first kappa shape index (κ1) is 26.3. The molecule has 0 aliphatic carbocycles. The molecule has 2 aliphatic rings. The van der Waals surface area contributed by atoms with Crippen molar-refractivity contribution in [2.75, 3.05) is 32.7 Å². The van der Waals surface area contributed by atoms with Crippen LogP contribution in [0.1, 0.15) is 39.0 Å². The third-order valence-corrected chi connectivity index (χ3v) is 7.54. The van der Waals surface area contributed by atoms with Crippen molar-refractivity contribution in [1.82, 2.24) is 24.6 Å². The first-order chi connectivity index (χ1) is 19.9. The molecule has 0 N–H and O–H groups in total. The second-order valence-corrected chi connectivity index (χ2v) is 10.3. The number of ketones is 1. The fourth-order valence-corrected chi connectivity index (χ4v) is 5.29. The predicted molar refractivity (Wildman–Crippen MR) is 157 cm³/mol. The van der Waals surface area contributed by atoms with Gasteiger partial charge in [0, 0.05) is 61.0 Å². The van der Waals surface area contributed by atoms with E-state index in [-0.39, 0.29) is 30.6 Å². The Hall–Kier alpha value is -4.92. The van der Waals surface area contributed by atoms with E-state index >= 15 is 0 Å². The van der Waals surface area contributed by atoms with Crippen LogP contribution in [0.25, 0.3) is 16.5 Å². The van der Waals surface area contributed by atoms with Gasteiger partial charge in [-0.3, -0.25) is 24.1 Å². The van der Waals surface area contributed by atoms with Gasteiger partial charge < -0.3 is 9.80 Å². The summed E-state index contributed by atoms with van der Waals surface area (Å²) in [4.78, 5) is 51.3. The number of benzene rings is 2. The first-order valence-corrected chi connectivity index (χ1v) is 13.7. The number of pyridine rings is 1. The zero-order valence-corrected chi connectivity index (χ0v) is 22.9. The molecule has 4 aromatic rings. The van der Waals surface area contributed by atoms with Crippen molar-refractivity contribution in [2.45, 2.75) is 19.9 Å². The van der Waals surface area contributed by atoms with Gasteiger partial charge in [-0.15, -0.1) is 0 Å². The SMILES string of the molecule is CC1=NCC=C1c1cccc(C(=O)Cc2ccc3nn(CC(=O)N4CCN(C(=O)c5ccccc5)CC4)cc3c2)n1. The molecule has 206 valence electrons. The molecule has 0 radical (unpaired) electrons. The van der Waals surface area contributed by atoms with Crippen molar-refractivity contribution in [1.29, 1.82) is 0 Å². The summed E-state index contributed by atoms with van der Waals surface area (Å²) in [5, 5.41) is 5.43. The van der Waals surface area contributed by atoms with Crippen LogP contribution in [0, 0.1) is 0 Å². The molecule has 9 nitrogen and oxygen atoms in total. The van der Waals surface area contributed by atoms with Gasteiger partial charge >= 0.3 is 0 Å². The quantitative estimate of drug-likeness (QED) is 0.329. The Morgan fingerprint density at radius 2 is 1.66 bits per heavy atom. The molecule has 0 saturated carbocycles. The van der Waals surface area contributed by atoms with Crippen molar-refractivity contribution in [3.8, 4) is 0 Å². The number of piperazine rings is 1. The Kier molecular flexibility index (Phi) is 7.24. The number of aromatic nitrogens is 3. The van der Waals surface area contributed by atoms with Crippen LogP contribution in [0.4, 0.5) is 0 Å². The summed E-state index contributed by atoms with van der Waals surface area (Å²) in [7, 11) is 0. The van der Waals surface area contributed by atoms with Crippen LogP contribution in [-0.4, -0.2) is 80.6 Å². The van der Waals surface area contributed by atoms with Crippen molar-refractivity contribution in [3.05, 3.63) is 102 Å². The number of Topliss-reactive ketones (excluding diaryl/α,β-unsaturated/α-hetero) is 1. The van der Waals surface area contributed by atoms with Crippen LogP contribution in [0.3, 0.4) is 0 Å². The topological polar surface area (TPSA) is 101 Å². The fraction of sp³-hybridized carbons (Fsp3) is 0.250. The van der Waals surface area contributed by atoms with Crippen molar-refractivity contribution < 1.29 is 14.4 Å². The molecular weight excluding hydrogens is 516 g/mol. The number of aliphatic imine (C=N–C) groups is 1. The Bertz CT molecular complexity index is 1700. The lowest BCUT2D eigenvalue weighted by Gasteiger charge is -2.34. The maximum Gasteiger partial charge on any atom is 0.253 e. The van der Waals surface area contributed by atoms with E-state index in [0.717, 1.165) is 33.4 Å². The molecule has 4 heterocycles. The highest BCUT2D eigenvalue weighted by atomic mass is 16.2. The van der Waals surface area contributed by atoms with E-state index in [2.05, 4.69) is 15.1 Å². The highest BCUT2D eigenvalue weighted by Gasteiger charge is 2.25. The number of fused-ring (bicyclic) bond motifs is 1. The Labute approximate surface area is 237 Å². The molecule has 2 aromatic carbocycles. The summed E-state index contributed by atoms with van der Waals surface area (Å²) in [5.41, 5.74) is 5.38. The van der Waals surface area contributed by atoms with Gasteiger partial charge in [-0.25, -0.2) is 4.98 Å². The summed E-state index contributed by atoms with van der Waals surface area (Å²) in [6.45, 7) is 4.69. The summed E-state index contributed by atoms with van der Waals surface area (Å²) >= 11 is 0. The molecule has 2 amide bonds. The van der Waals surface area contributed by atoms with Gasteiger partial charge in [-0.05, 0) is 48.9 Å². The van der Waals surface area contributed by atoms with Gasteiger partial charge in [0.05, 0.1) is 17.8 Å². The molecule has 0 bridgehead atoms. The van der Waals surface area contributed by atoms with Crippen molar-refractivity contribution >= 4 is 39.8 Å². The number of amides is 2. The Balaban J connectivity index is 1.07. The summed E-state index contributed by atoms with van der Waals surface area (Å²) in [5.74, 6) is -0.111. The monoisotopic (exact) mass is 546 g/mol. The minimum absolute atomic E-state index is 0.00967. The molecule has 0 unspecified atom stereocenters. The maximum atomic E-state index is 13.1. The third kappa shape index (κ3) is 5.70. The van der Waals surface area contributed by atoms with Gasteiger partial charge in [0.25, 0.3) is 5.91 Å². The van der Waals surface area contributed by atoms with Crippen molar-refractivity contribution in [2.24, 2.45) is 4.99 Å². The smallest absolute Gasteiger partial charge is 0.253 e. The number of hydrogen-bond acceptors (Lipinski definition) is 6. The summed E-state index contributed by atoms with van der Waals surface area (Å²) in [6, 6.07) is 20.4. The average molecular weight is 547 g/mol. The molecule has 9 heteroatoms. The largest absolute Gasteiger partial charge is 0.338 e. The minimum Gasteiger partial charge on any atom is -0.338 e. The molecule has 2 aromatic heterocycles. The molecule has 0 spiro atoms. The van der Waals surface area contributed by atoms with Gasteiger partial charge in [-0.2, -0.15) is 5.10 Å². The van der Waals surface area contributed by atoms with E-state index in [1.807, 2.05) is 79.9 Å². The van der Waals surface area contributed by atoms with Gasteiger partial charge in [0.2, 0.25) is 5.91 Å². The second-order valence-electron chi connectivity index (χ2n) is 10.3. The number of hydrogen-bond donors (Lipinski definition) is 0. The summed E-state index contributed by atoms with van der Waals surface area (Å²) < 4.78 is 1.64. The molecule has 1 fully saturated rings. The zero-order valence-electron chi connectivity index (χ0n) is 22.9. The van der Waals surface area contributed by atoms with E-state index in [4.69, 9.17) is 0 Å². The van der Waals surface area contributed by atoms with Crippen molar-refractivity contribution in [3.63, 3.8) is 0 Å². The Morgan fingerprint density at radius 3 is 2.41 bits per heavy atom. The number of allylic oxidation sites excluding steroid dienone is 1. The predicted octanol–water partition coefficient (Wildman–Crippen LogP) is 3.70. The molecule has 0 atom stereocenters. The van der Waals surface area contributed by atoms with Gasteiger partial charge in [0.15, 0.2) is 5.78 Å². The average Bonchev–Trinajstić information content (AvgIpc) is 3.62. The molecule has 1 saturated heterocycles. The van der Waals surface area contributed by atoms with E-state index in [0.29, 0.717) is 44.0 Å². The van der Waals surface area contributed by atoms with E-state index in [1.54, 1.807) is 20.5 Å². The molecule has 2 aliphatic heterocycles. The lowest BCUT2D eigenvalue weighted by molar-refractivity contribution is -0.133. The lowest BCUT2D eigenvalue weighted by atomic mass is 10.0. The number of carbonyl (C=O) groups excluding carboxylic acids is 3. The fourth-order valence-electron chi connectivity index (χ4n) is 5.29. The second kappa shape index (κ2) is 11.3. The van der Waals surface area contributed by atoms with Crippen LogP contribution in [-0.2, 0) is 17.8 Å². The Morgan fingerprint density at radius 1 is 0.878 bits per heavy atom. The van der Waals surface area contributed by atoms with Gasteiger partial charge in [0.1, 0.15) is 12.2 Å². The highest BCUT2D eigenvalue weighted by molar-refractivity contribution is 6.23. The van der Waals surface area contributed by atoms with Gasteiger partial charge in [-0.1, -0.05) is 36.4 Å². The van der Waals surface area contributed by atoms with Crippen LogP contribution >= 0.6 is 0 Å². The summed E-state index contributed by atoms with van der Waals surface area (Å²) in [6.07, 6.45) is 4.08. The maximum absolute atomic E-state index is 13.1. The highest BCUT2D eigenvalue weighted by Crippen LogP contribution is 2.20. The number of carbonyl (C=O) groups is 3. The minimum atomic E-state index is -0.0631. The molecule has 6 rings (SSSR count). The standard InChI is InChI=1S/C32H30N6O3/c1-22-26(12-13-33-22)28-8-5-9-29(34-28)30(39)19-23-10-11-27-25(18-23)20-38(35-27)21-31(40)36-14-16-37(17-15-36)32(41)24-6-3-2-4-7-24/h2-12,18,20H,13-17,19,21H2,1H3. The normalized spacial score (nSPS) is 15.1. The molecular formula is C32H30N6O3. The van der Waals surface area contributed by atoms with Crippen LogP contribution in [0.15, 0.2) is 84.0 Å². The lowest BCUT2D eigenvalue weighted by Crippen LogP contribution is -2.51. The first-order valence-electron chi connectivity index (χ1n) is 13.7. The molecule has 41 heavy (non-hydrogen) atoms. The van der Waals surface area contributed by atoms with Crippen LogP contribution in [0.5, 0.6) is 0 Å². The third-order valence-electron chi connectivity index (χ3n) is 7.54. The van der Waals surface area contributed by atoms with E-state index < -0.39 is 0 Å². The zero-order chi connectivity index (χ0) is 28.3. The number of nitrogens with zero attached hydrogens (tertiary/aromatic N) is 6. The van der Waals surface area contributed by atoms with E-state index in [1.165, 1.54) is 0 Å².